The molecule has 2 aromatic rings. The minimum Gasteiger partial charge on any atom is -0.497 e. The molecule has 1 fully saturated rings. The van der Waals surface area contributed by atoms with Gasteiger partial charge < -0.3 is 15.8 Å². The summed E-state index contributed by atoms with van der Waals surface area (Å²) in [6.45, 7) is 4.96. The van der Waals surface area contributed by atoms with Crippen LogP contribution in [0.5, 0.6) is 5.75 Å². The molecule has 146 valence electrons. The molecule has 0 bridgehead atoms. The smallest absolute Gasteiger partial charge is 0.188 e. The van der Waals surface area contributed by atoms with Crippen molar-refractivity contribution in [1.82, 2.24) is 10.2 Å². The van der Waals surface area contributed by atoms with Gasteiger partial charge in [0.2, 0.25) is 0 Å². The number of rotatable bonds is 8. The third-order valence-corrected chi connectivity index (χ3v) is 5.82. The van der Waals surface area contributed by atoms with Gasteiger partial charge in [0.25, 0.3) is 0 Å². The average molecular weight is 387 g/mol. The van der Waals surface area contributed by atoms with Crippen molar-refractivity contribution in [2.75, 3.05) is 33.3 Å². The van der Waals surface area contributed by atoms with E-state index in [0.29, 0.717) is 11.9 Å². The Balaban J connectivity index is 1.37. The molecule has 1 aromatic heterocycles. The Labute approximate surface area is 166 Å². The van der Waals surface area contributed by atoms with E-state index in [1.807, 2.05) is 23.5 Å². The number of guanidine groups is 1. The Bertz CT molecular complexity index is 699. The van der Waals surface area contributed by atoms with Gasteiger partial charge in [-0.15, -0.1) is 11.3 Å². The first kappa shape index (κ1) is 19.7. The second-order valence-corrected chi connectivity index (χ2v) is 8.11. The van der Waals surface area contributed by atoms with Crippen LogP contribution in [0.3, 0.4) is 0 Å². The Morgan fingerprint density at radius 2 is 2.19 bits per heavy atom. The van der Waals surface area contributed by atoms with E-state index in [0.717, 1.165) is 38.3 Å². The molecule has 0 amide bonds. The van der Waals surface area contributed by atoms with Crippen molar-refractivity contribution in [1.29, 1.82) is 0 Å². The van der Waals surface area contributed by atoms with Crippen LogP contribution in [-0.4, -0.2) is 44.1 Å². The van der Waals surface area contributed by atoms with Gasteiger partial charge in [0.1, 0.15) is 5.75 Å². The van der Waals surface area contributed by atoms with E-state index >= 15 is 0 Å². The van der Waals surface area contributed by atoms with Crippen LogP contribution in [0.25, 0.3) is 0 Å². The second kappa shape index (κ2) is 10.3. The molecule has 0 aliphatic carbocycles. The lowest BCUT2D eigenvalue weighted by molar-refractivity contribution is 0.172. The normalized spacial score (nSPS) is 18.4. The average Bonchev–Trinajstić information content (AvgIpc) is 3.20. The first-order valence-electron chi connectivity index (χ1n) is 9.64. The van der Waals surface area contributed by atoms with Crippen molar-refractivity contribution in [3.05, 3.63) is 52.2 Å². The number of nitrogens with one attached hydrogen (secondary N) is 1. The summed E-state index contributed by atoms with van der Waals surface area (Å²) in [7, 11) is 1.68. The zero-order valence-electron chi connectivity index (χ0n) is 16.1. The highest BCUT2D eigenvalue weighted by molar-refractivity contribution is 7.09. The van der Waals surface area contributed by atoms with Gasteiger partial charge in [0, 0.05) is 31.1 Å². The molecule has 1 aliphatic rings. The van der Waals surface area contributed by atoms with Crippen LogP contribution in [-0.2, 0) is 13.0 Å². The quantitative estimate of drug-likeness (QED) is 0.540. The number of ether oxygens (including phenoxy) is 1. The van der Waals surface area contributed by atoms with Crippen molar-refractivity contribution in [3.8, 4) is 5.75 Å². The number of methoxy groups -OCH3 is 1. The standard InChI is InChI=1S/C21H30N4OS/c1-26-19-8-6-17(7-9-19)10-11-23-21(22)24-14-18-4-2-12-25(15-18)16-20-5-3-13-27-20/h3,5-9,13,18H,2,4,10-12,14-16H2,1H3,(H3,22,23,24)/t18-/m0/s1. The van der Waals surface area contributed by atoms with Crippen LogP contribution in [0, 0.1) is 5.92 Å². The fourth-order valence-corrected chi connectivity index (χ4v) is 4.22. The molecule has 1 saturated heterocycles. The third kappa shape index (κ3) is 6.56. The molecule has 1 atom stereocenters. The molecule has 0 unspecified atom stereocenters. The molecule has 5 nitrogen and oxygen atoms in total. The topological polar surface area (TPSA) is 62.9 Å². The minimum atomic E-state index is 0.555. The lowest BCUT2D eigenvalue weighted by atomic mass is 9.98. The summed E-state index contributed by atoms with van der Waals surface area (Å²) in [5, 5.41) is 5.38. The van der Waals surface area contributed by atoms with Gasteiger partial charge in [0.15, 0.2) is 5.96 Å². The molecule has 6 heteroatoms. The Kier molecular flexibility index (Phi) is 7.54. The van der Waals surface area contributed by atoms with Crippen LogP contribution in [0.1, 0.15) is 23.3 Å². The number of nitrogens with two attached hydrogens (primary N) is 1. The number of aliphatic imine (C=N–C) groups is 1. The Morgan fingerprint density at radius 3 is 2.93 bits per heavy atom. The summed E-state index contributed by atoms with van der Waals surface area (Å²) >= 11 is 1.84. The highest BCUT2D eigenvalue weighted by Crippen LogP contribution is 2.20. The molecule has 0 spiro atoms. The zero-order chi connectivity index (χ0) is 18.9. The molecule has 3 N–H and O–H groups in total. The summed E-state index contributed by atoms with van der Waals surface area (Å²) in [4.78, 5) is 8.56. The molecular formula is C21H30N4OS. The maximum Gasteiger partial charge on any atom is 0.188 e. The molecule has 2 heterocycles. The predicted octanol–water partition coefficient (Wildman–Crippen LogP) is 3.12. The molecule has 1 aromatic carbocycles. The van der Waals surface area contributed by atoms with Gasteiger partial charge in [-0.25, -0.2) is 0 Å². The number of hydrogen-bond acceptors (Lipinski definition) is 4. The summed E-state index contributed by atoms with van der Waals surface area (Å²) in [6.07, 6.45) is 3.40. The molecule has 0 saturated carbocycles. The Morgan fingerprint density at radius 1 is 1.33 bits per heavy atom. The molecule has 0 radical (unpaired) electrons. The van der Waals surface area contributed by atoms with E-state index in [-0.39, 0.29) is 0 Å². The summed E-state index contributed by atoms with van der Waals surface area (Å²) in [5.41, 5.74) is 7.31. The Hall–Kier alpha value is -2.05. The van der Waals surface area contributed by atoms with Gasteiger partial charge >= 0.3 is 0 Å². The van der Waals surface area contributed by atoms with E-state index in [1.54, 1.807) is 7.11 Å². The van der Waals surface area contributed by atoms with Crippen molar-refractivity contribution in [2.24, 2.45) is 16.6 Å². The SMILES string of the molecule is COc1ccc(CCNC(N)=NC[C@@H]2CCCN(Cc3cccs3)C2)cc1. The van der Waals surface area contributed by atoms with E-state index in [2.05, 4.69) is 44.9 Å². The van der Waals surface area contributed by atoms with Gasteiger partial charge in [0.05, 0.1) is 7.11 Å². The summed E-state index contributed by atoms with van der Waals surface area (Å²) < 4.78 is 5.18. The summed E-state index contributed by atoms with van der Waals surface area (Å²) in [5.74, 6) is 2.04. The summed E-state index contributed by atoms with van der Waals surface area (Å²) in [6, 6.07) is 12.5. The monoisotopic (exact) mass is 386 g/mol. The third-order valence-electron chi connectivity index (χ3n) is 4.96. The number of thiophene rings is 1. The lowest BCUT2D eigenvalue weighted by Crippen LogP contribution is -2.37. The van der Waals surface area contributed by atoms with Crippen molar-refractivity contribution in [2.45, 2.75) is 25.8 Å². The van der Waals surface area contributed by atoms with Crippen LogP contribution in [0.15, 0.2) is 46.8 Å². The minimum absolute atomic E-state index is 0.555. The van der Waals surface area contributed by atoms with Crippen LogP contribution < -0.4 is 15.8 Å². The number of benzene rings is 1. The predicted molar refractivity (Wildman–Crippen MR) is 114 cm³/mol. The number of likely N-dealkylation sites (tertiary alicyclic amines) is 1. The van der Waals surface area contributed by atoms with Crippen molar-refractivity contribution >= 4 is 17.3 Å². The lowest BCUT2D eigenvalue weighted by Gasteiger charge is -2.31. The fourth-order valence-electron chi connectivity index (χ4n) is 3.48. The maximum atomic E-state index is 6.05. The largest absolute Gasteiger partial charge is 0.497 e. The van der Waals surface area contributed by atoms with Gasteiger partial charge in [-0.3, -0.25) is 9.89 Å². The highest BCUT2D eigenvalue weighted by atomic mass is 32.1. The van der Waals surface area contributed by atoms with Gasteiger partial charge in [-0.1, -0.05) is 18.2 Å². The van der Waals surface area contributed by atoms with Gasteiger partial charge in [-0.2, -0.15) is 0 Å². The molecule has 1 aliphatic heterocycles. The molecular weight excluding hydrogens is 356 g/mol. The maximum absolute atomic E-state index is 6.05. The van der Waals surface area contributed by atoms with Crippen LogP contribution in [0.2, 0.25) is 0 Å². The van der Waals surface area contributed by atoms with E-state index in [1.165, 1.54) is 29.8 Å². The van der Waals surface area contributed by atoms with Crippen LogP contribution >= 0.6 is 11.3 Å². The van der Waals surface area contributed by atoms with E-state index in [9.17, 15) is 0 Å². The van der Waals surface area contributed by atoms with Crippen LogP contribution in [0.4, 0.5) is 0 Å². The van der Waals surface area contributed by atoms with E-state index in [4.69, 9.17) is 10.5 Å². The van der Waals surface area contributed by atoms with Crippen molar-refractivity contribution in [3.63, 3.8) is 0 Å². The fraction of sp³-hybridized carbons (Fsp3) is 0.476. The van der Waals surface area contributed by atoms with Crippen molar-refractivity contribution < 1.29 is 4.74 Å². The first-order valence-corrected chi connectivity index (χ1v) is 10.5. The first-order chi connectivity index (χ1) is 13.2. The molecule has 3 rings (SSSR count). The number of nitrogens with zero attached hydrogens (tertiary/aromatic N) is 2. The number of hydrogen-bond donors (Lipinski definition) is 2. The van der Waals surface area contributed by atoms with E-state index < -0.39 is 0 Å². The molecule has 27 heavy (non-hydrogen) atoms. The highest BCUT2D eigenvalue weighted by Gasteiger charge is 2.19. The number of piperidine rings is 1. The zero-order valence-corrected chi connectivity index (χ0v) is 16.9. The second-order valence-electron chi connectivity index (χ2n) is 7.07. The van der Waals surface area contributed by atoms with Gasteiger partial charge in [-0.05, 0) is 60.9 Å².